The molecule has 1 aliphatic rings. The maximum atomic E-state index is 5.59. The van der Waals surface area contributed by atoms with Crippen LogP contribution in [0.1, 0.15) is 29.6 Å². The second-order valence-corrected chi connectivity index (χ2v) is 5.39. The number of nitrogens with two attached hydrogens (primary N) is 1. The maximum Gasteiger partial charge on any atom is 0.158 e. The molecule has 96 valence electrons. The summed E-state index contributed by atoms with van der Waals surface area (Å²) in [4.78, 5) is 11.5. The van der Waals surface area contributed by atoms with Crippen molar-refractivity contribution in [3.8, 4) is 0 Å². The first-order valence-corrected chi connectivity index (χ1v) is 7.00. The number of aromatic nitrogens is 2. The number of nitrogens with one attached hydrogen (secondary N) is 1. The number of ether oxygens (including phenoxy) is 1. The van der Waals surface area contributed by atoms with Crippen LogP contribution in [0.15, 0.2) is 0 Å². The SMILES string of the molecule is CCOCc1nc(NN)c2c3c(sc2n1)CCC3. The number of hydrazine groups is 1. The molecule has 2 aromatic rings. The molecular formula is C12H16N4OS. The predicted molar refractivity (Wildman–Crippen MR) is 72.6 cm³/mol. The number of nitrogen functional groups attached to an aromatic ring is 1. The number of thiophene rings is 1. The van der Waals surface area contributed by atoms with Crippen LogP contribution in [0, 0.1) is 0 Å². The van der Waals surface area contributed by atoms with E-state index in [-0.39, 0.29) is 0 Å². The first-order chi connectivity index (χ1) is 8.83. The second-order valence-electron chi connectivity index (χ2n) is 4.31. The van der Waals surface area contributed by atoms with Gasteiger partial charge in [0, 0.05) is 11.5 Å². The molecule has 0 amide bonds. The number of nitrogens with zero attached hydrogens (tertiary/aromatic N) is 2. The van der Waals surface area contributed by atoms with Gasteiger partial charge in [-0.05, 0) is 31.7 Å². The van der Waals surface area contributed by atoms with Crippen molar-refractivity contribution in [1.82, 2.24) is 9.97 Å². The smallest absolute Gasteiger partial charge is 0.158 e. The Morgan fingerprint density at radius 1 is 1.39 bits per heavy atom. The minimum Gasteiger partial charge on any atom is -0.374 e. The number of aryl methyl sites for hydroxylation is 2. The maximum absolute atomic E-state index is 5.59. The summed E-state index contributed by atoms with van der Waals surface area (Å²) < 4.78 is 5.36. The standard InChI is InChI=1S/C12H16N4OS/c1-2-17-6-9-14-11(16-13)10-7-4-3-5-8(7)18-12(10)15-9/h2-6,13H2,1H3,(H,14,15,16). The van der Waals surface area contributed by atoms with Crippen LogP contribution in [-0.4, -0.2) is 16.6 Å². The van der Waals surface area contributed by atoms with Gasteiger partial charge in [-0.15, -0.1) is 11.3 Å². The highest BCUT2D eigenvalue weighted by molar-refractivity contribution is 7.19. The molecule has 0 aromatic carbocycles. The molecule has 0 radical (unpaired) electrons. The average Bonchev–Trinajstić information content (AvgIpc) is 2.95. The van der Waals surface area contributed by atoms with E-state index in [4.69, 9.17) is 10.6 Å². The van der Waals surface area contributed by atoms with E-state index in [9.17, 15) is 0 Å². The van der Waals surface area contributed by atoms with Gasteiger partial charge in [0.2, 0.25) is 0 Å². The summed E-state index contributed by atoms with van der Waals surface area (Å²) in [5.41, 5.74) is 4.08. The van der Waals surface area contributed by atoms with Crippen molar-refractivity contribution in [2.45, 2.75) is 32.8 Å². The molecule has 0 aliphatic heterocycles. The van der Waals surface area contributed by atoms with Crippen molar-refractivity contribution < 1.29 is 4.74 Å². The van der Waals surface area contributed by atoms with Gasteiger partial charge in [-0.25, -0.2) is 15.8 Å². The van der Waals surface area contributed by atoms with Crippen LogP contribution < -0.4 is 11.3 Å². The molecule has 0 fully saturated rings. The Balaban J connectivity index is 2.11. The van der Waals surface area contributed by atoms with E-state index < -0.39 is 0 Å². The lowest BCUT2D eigenvalue weighted by atomic mass is 10.2. The van der Waals surface area contributed by atoms with Crippen LogP contribution in [0.4, 0.5) is 5.82 Å². The van der Waals surface area contributed by atoms with Gasteiger partial charge in [-0.3, -0.25) is 0 Å². The first kappa shape index (κ1) is 11.8. The third-order valence-electron chi connectivity index (χ3n) is 3.18. The molecule has 5 nitrogen and oxygen atoms in total. The van der Waals surface area contributed by atoms with Crippen LogP contribution in [-0.2, 0) is 24.2 Å². The number of hydrogen-bond acceptors (Lipinski definition) is 6. The normalized spacial score (nSPS) is 14.1. The number of hydrogen-bond donors (Lipinski definition) is 2. The number of fused-ring (bicyclic) bond motifs is 3. The highest BCUT2D eigenvalue weighted by atomic mass is 32.1. The lowest BCUT2D eigenvalue weighted by Crippen LogP contribution is -2.11. The molecule has 0 saturated heterocycles. The summed E-state index contributed by atoms with van der Waals surface area (Å²) >= 11 is 1.76. The Morgan fingerprint density at radius 2 is 2.28 bits per heavy atom. The molecule has 1 aliphatic carbocycles. The largest absolute Gasteiger partial charge is 0.374 e. The third-order valence-corrected chi connectivity index (χ3v) is 4.37. The minimum absolute atomic E-state index is 0.434. The van der Waals surface area contributed by atoms with Gasteiger partial charge < -0.3 is 10.2 Å². The van der Waals surface area contributed by atoms with Gasteiger partial charge in [-0.2, -0.15) is 0 Å². The van der Waals surface area contributed by atoms with Crippen molar-refractivity contribution in [3.05, 3.63) is 16.3 Å². The molecule has 0 spiro atoms. The van der Waals surface area contributed by atoms with Crippen LogP contribution in [0.3, 0.4) is 0 Å². The fraction of sp³-hybridized carbons (Fsp3) is 0.500. The molecule has 2 aromatic heterocycles. The Hall–Kier alpha value is -1.24. The topological polar surface area (TPSA) is 73.1 Å². The van der Waals surface area contributed by atoms with E-state index in [0.717, 1.165) is 28.9 Å². The molecule has 18 heavy (non-hydrogen) atoms. The molecule has 0 saturated carbocycles. The molecule has 6 heteroatoms. The molecule has 2 heterocycles. The summed E-state index contributed by atoms with van der Waals surface area (Å²) in [7, 11) is 0. The quantitative estimate of drug-likeness (QED) is 0.652. The molecule has 0 bridgehead atoms. The van der Waals surface area contributed by atoms with Crippen LogP contribution in [0.2, 0.25) is 0 Å². The molecular weight excluding hydrogens is 248 g/mol. The average molecular weight is 264 g/mol. The van der Waals surface area contributed by atoms with Crippen molar-refractivity contribution >= 4 is 27.4 Å². The lowest BCUT2D eigenvalue weighted by Gasteiger charge is -2.06. The van der Waals surface area contributed by atoms with Gasteiger partial charge in [-0.1, -0.05) is 0 Å². The molecule has 3 N–H and O–H groups in total. The van der Waals surface area contributed by atoms with E-state index in [1.165, 1.54) is 16.9 Å². The molecule has 0 atom stereocenters. The van der Waals surface area contributed by atoms with Gasteiger partial charge >= 0.3 is 0 Å². The fourth-order valence-corrected chi connectivity index (χ4v) is 3.68. The summed E-state index contributed by atoms with van der Waals surface area (Å²) in [5, 5.41) is 1.11. The summed E-state index contributed by atoms with van der Waals surface area (Å²) in [6.45, 7) is 3.05. The van der Waals surface area contributed by atoms with Gasteiger partial charge in [0.1, 0.15) is 11.4 Å². The van der Waals surface area contributed by atoms with Crippen LogP contribution >= 0.6 is 11.3 Å². The highest BCUT2D eigenvalue weighted by Gasteiger charge is 2.21. The predicted octanol–water partition coefficient (Wildman–Crippen LogP) is 2.00. The van der Waals surface area contributed by atoms with E-state index >= 15 is 0 Å². The summed E-state index contributed by atoms with van der Waals surface area (Å²) in [6, 6.07) is 0. The van der Waals surface area contributed by atoms with E-state index in [0.29, 0.717) is 19.0 Å². The molecule has 3 rings (SSSR count). The Morgan fingerprint density at radius 3 is 3.06 bits per heavy atom. The first-order valence-electron chi connectivity index (χ1n) is 6.19. The van der Waals surface area contributed by atoms with Gasteiger partial charge in [0.15, 0.2) is 11.6 Å². The fourth-order valence-electron chi connectivity index (χ4n) is 2.40. The lowest BCUT2D eigenvalue weighted by molar-refractivity contribution is 0.128. The van der Waals surface area contributed by atoms with Crippen molar-refractivity contribution in [2.24, 2.45) is 5.84 Å². The zero-order chi connectivity index (χ0) is 12.5. The Labute approximate surface area is 109 Å². The Kier molecular flexibility index (Phi) is 3.15. The highest BCUT2D eigenvalue weighted by Crippen LogP contribution is 2.39. The van der Waals surface area contributed by atoms with Crippen molar-refractivity contribution in [3.63, 3.8) is 0 Å². The van der Waals surface area contributed by atoms with Crippen molar-refractivity contribution in [1.29, 1.82) is 0 Å². The van der Waals surface area contributed by atoms with Gasteiger partial charge in [0.05, 0.1) is 5.39 Å². The van der Waals surface area contributed by atoms with Crippen molar-refractivity contribution in [2.75, 3.05) is 12.0 Å². The van der Waals surface area contributed by atoms with E-state index in [1.807, 2.05) is 6.92 Å². The summed E-state index contributed by atoms with van der Waals surface area (Å²) in [5.74, 6) is 7.01. The monoisotopic (exact) mass is 264 g/mol. The number of rotatable bonds is 4. The van der Waals surface area contributed by atoms with Gasteiger partial charge in [0.25, 0.3) is 0 Å². The Bertz CT molecular complexity index is 581. The van der Waals surface area contributed by atoms with Crippen LogP contribution in [0.25, 0.3) is 10.2 Å². The van der Waals surface area contributed by atoms with E-state index in [2.05, 4.69) is 15.4 Å². The van der Waals surface area contributed by atoms with E-state index in [1.54, 1.807) is 11.3 Å². The summed E-state index contributed by atoms with van der Waals surface area (Å²) in [6.07, 6.45) is 3.49. The zero-order valence-corrected chi connectivity index (χ0v) is 11.1. The third kappa shape index (κ3) is 1.86. The van der Waals surface area contributed by atoms with Crippen LogP contribution in [0.5, 0.6) is 0 Å². The second kappa shape index (κ2) is 4.79. The minimum atomic E-state index is 0.434. The number of anilines is 1. The zero-order valence-electron chi connectivity index (χ0n) is 10.3. The molecule has 0 unspecified atom stereocenters.